The molecule has 0 saturated heterocycles. The third-order valence-electron chi connectivity index (χ3n) is 5.89. The number of nitro benzene ring substituents is 1. The van der Waals surface area contributed by atoms with Crippen molar-refractivity contribution in [1.29, 1.82) is 0 Å². The summed E-state index contributed by atoms with van der Waals surface area (Å²) in [5.74, 6) is -0.164. The normalized spacial score (nSPS) is 14.3. The van der Waals surface area contributed by atoms with Crippen molar-refractivity contribution < 1.29 is 14.5 Å². The summed E-state index contributed by atoms with van der Waals surface area (Å²) in [6, 6.07) is 17.4. The van der Waals surface area contributed by atoms with Crippen LogP contribution in [0.3, 0.4) is 0 Å². The topological polar surface area (TPSA) is 77.3 Å². The number of carbonyl (C=O) groups excluding carboxylic acids is 2. The van der Waals surface area contributed by atoms with Crippen LogP contribution in [0.5, 0.6) is 0 Å². The fourth-order valence-electron chi connectivity index (χ4n) is 4.50. The molecule has 0 saturated carbocycles. The molecule has 0 radical (unpaired) electrons. The number of nitrogens with zero attached hydrogens (tertiary/aromatic N) is 1. The lowest BCUT2D eigenvalue weighted by Crippen LogP contribution is -2.27. The zero-order valence-electron chi connectivity index (χ0n) is 16.1. The molecule has 146 valence electrons. The maximum Gasteiger partial charge on any atom is 0.269 e. The molecule has 30 heavy (non-hydrogen) atoms. The van der Waals surface area contributed by atoms with Crippen molar-refractivity contribution in [3.63, 3.8) is 0 Å². The van der Waals surface area contributed by atoms with Gasteiger partial charge in [-0.3, -0.25) is 19.7 Å². The number of benzene rings is 3. The monoisotopic (exact) mass is 395 g/mol. The first-order chi connectivity index (χ1) is 14.5. The Balaban J connectivity index is 1.75. The predicted molar refractivity (Wildman–Crippen MR) is 112 cm³/mol. The summed E-state index contributed by atoms with van der Waals surface area (Å²) in [5.41, 5.74) is 2.66. The van der Waals surface area contributed by atoms with Gasteiger partial charge in [0.2, 0.25) is 0 Å². The van der Waals surface area contributed by atoms with Gasteiger partial charge in [0, 0.05) is 28.8 Å². The number of hydrogen-bond donors (Lipinski definition) is 0. The second kappa shape index (κ2) is 6.88. The van der Waals surface area contributed by atoms with Crippen LogP contribution in [0.15, 0.2) is 60.7 Å². The van der Waals surface area contributed by atoms with Gasteiger partial charge < -0.3 is 0 Å². The molecule has 0 spiro atoms. The smallest absolute Gasteiger partial charge is 0.269 e. The van der Waals surface area contributed by atoms with Gasteiger partial charge in [0.05, 0.1) is 4.92 Å². The number of nitro groups is 1. The molecule has 0 atom stereocenters. The van der Waals surface area contributed by atoms with Crippen LogP contribution in [0, 0.1) is 20.6 Å². The second-order valence-electron chi connectivity index (χ2n) is 7.58. The summed E-state index contributed by atoms with van der Waals surface area (Å²) in [5, 5.41) is 14.6. The molecular weight excluding hydrogens is 378 g/mol. The van der Waals surface area contributed by atoms with Crippen LogP contribution in [-0.4, -0.2) is 16.5 Å². The highest BCUT2D eigenvalue weighted by Crippen LogP contribution is 2.24. The van der Waals surface area contributed by atoms with E-state index in [0.717, 1.165) is 39.3 Å². The molecule has 0 aliphatic heterocycles. The van der Waals surface area contributed by atoms with Gasteiger partial charge in [-0.05, 0) is 63.9 Å². The van der Waals surface area contributed by atoms with Gasteiger partial charge in [-0.25, -0.2) is 0 Å². The molecule has 5 rings (SSSR count). The van der Waals surface area contributed by atoms with Gasteiger partial charge in [0.15, 0.2) is 11.6 Å². The lowest BCUT2D eigenvalue weighted by molar-refractivity contribution is -0.384. The van der Waals surface area contributed by atoms with Crippen LogP contribution >= 0.6 is 0 Å². The first-order valence-electron chi connectivity index (χ1n) is 9.84. The van der Waals surface area contributed by atoms with E-state index in [4.69, 9.17) is 0 Å². The summed E-state index contributed by atoms with van der Waals surface area (Å²) in [6.45, 7) is 0. The summed E-state index contributed by atoms with van der Waals surface area (Å²) >= 11 is 0. The van der Waals surface area contributed by atoms with Gasteiger partial charge >= 0.3 is 0 Å². The molecule has 0 unspecified atom stereocenters. The highest BCUT2D eigenvalue weighted by atomic mass is 16.6. The Hall–Kier alpha value is -3.86. The minimum absolute atomic E-state index is 0.0235. The van der Waals surface area contributed by atoms with Crippen molar-refractivity contribution in [2.45, 2.75) is 19.3 Å². The van der Waals surface area contributed by atoms with Crippen LogP contribution in [0.2, 0.25) is 0 Å². The van der Waals surface area contributed by atoms with E-state index in [-0.39, 0.29) is 17.3 Å². The molecule has 0 N–H and O–H groups in total. The molecule has 0 bridgehead atoms. The Morgan fingerprint density at radius 1 is 0.867 bits per heavy atom. The molecule has 5 heteroatoms. The number of Topliss-reactive ketones (excluding diaryl/α,β-unsaturated/α-hetero) is 2. The largest absolute Gasteiger partial charge is 0.289 e. The maximum atomic E-state index is 13.2. The number of non-ortho nitro benzene ring substituents is 1. The number of carbonyl (C=O) groups is 2. The lowest BCUT2D eigenvalue weighted by Gasteiger charge is -2.19. The van der Waals surface area contributed by atoms with Crippen LogP contribution in [0.4, 0.5) is 5.69 Å². The predicted octanol–water partition coefficient (Wildman–Crippen LogP) is 3.23. The maximum absolute atomic E-state index is 13.2. The number of ketones is 2. The molecule has 0 amide bonds. The van der Waals surface area contributed by atoms with E-state index in [1.165, 1.54) is 24.3 Å². The Kier molecular flexibility index (Phi) is 4.17. The zero-order valence-corrected chi connectivity index (χ0v) is 16.1. The van der Waals surface area contributed by atoms with Crippen LogP contribution in [0.25, 0.3) is 11.6 Å². The Morgan fingerprint density at radius 3 is 2.37 bits per heavy atom. The van der Waals surface area contributed by atoms with Crippen molar-refractivity contribution in [2.24, 2.45) is 0 Å². The Labute approximate surface area is 171 Å². The SMILES string of the molecule is O=C(C1=c2ccc3c(c2CCC1)C(=O)C=c1ccccc1=3)c1ccc([N+](=O)[O-])cc1. The molecular formula is C25H17NO4. The van der Waals surface area contributed by atoms with E-state index in [9.17, 15) is 19.7 Å². The highest BCUT2D eigenvalue weighted by Gasteiger charge is 2.23. The van der Waals surface area contributed by atoms with Crippen LogP contribution in [-0.2, 0) is 6.42 Å². The molecule has 5 nitrogen and oxygen atoms in total. The Morgan fingerprint density at radius 2 is 1.60 bits per heavy atom. The van der Waals surface area contributed by atoms with E-state index in [2.05, 4.69) is 0 Å². The third-order valence-corrected chi connectivity index (χ3v) is 5.89. The third kappa shape index (κ3) is 2.78. The zero-order chi connectivity index (χ0) is 20.8. The molecule has 0 fully saturated rings. The van der Waals surface area contributed by atoms with Gasteiger partial charge in [0.25, 0.3) is 5.69 Å². The quantitative estimate of drug-likeness (QED) is 0.388. The van der Waals surface area contributed by atoms with Gasteiger partial charge in [-0.15, -0.1) is 0 Å². The summed E-state index contributed by atoms with van der Waals surface area (Å²) in [6.07, 6.45) is 3.82. The average Bonchev–Trinajstić information content (AvgIpc) is 2.78. The van der Waals surface area contributed by atoms with Crippen molar-refractivity contribution >= 4 is 28.9 Å². The van der Waals surface area contributed by atoms with Gasteiger partial charge in [-0.1, -0.05) is 36.4 Å². The Bertz CT molecular complexity index is 1470. The molecule has 0 aromatic heterocycles. The summed E-state index contributed by atoms with van der Waals surface area (Å²) in [4.78, 5) is 36.5. The van der Waals surface area contributed by atoms with Crippen molar-refractivity contribution in [3.05, 3.63) is 108 Å². The van der Waals surface area contributed by atoms with E-state index in [0.29, 0.717) is 23.1 Å². The standard InChI is InChI=1S/C25H17NO4/c27-23-14-16-4-1-2-5-18(16)21-13-12-19-20(24(21)23)6-3-7-22(19)25(28)15-8-10-17(11-9-15)26(29)30/h1-2,4-5,8-14H,3,6-7H2. The van der Waals surface area contributed by atoms with E-state index >= 15 is 0 Å². The molecule has 3 aromatic rings. The molecule has 0 heterocycles. The number of hydrogen-bond acceptors (Lipinski definition) is 4. The van der Waals surface area contributed by atoms with Crippen LogP contribution < -0.4 is 10.4 Å². The van der Waals surface area contributed by atoms with Crippen LogP contribution in [0.1, 0.15) is 39.1 Å². The average molecular weight is 395 g/mol. The first kappa shape index (κ1) is 18.2. The molecule has 2 aliphatic carbocycles. The molecule has 2 aliphatic rings. The minimum atomic E-state index is -0.483. The summed E-state index contributed by atoms with van der Waals surface area (Å²) < 4.78 is 0. The van der Waals surface area contributed by atoms with Gasteiger partial charge in [-0.2, -0.15) is 0 Å². The van der Waals surface area contributed by atoms with Crippen molar-refractivity contribution in [1.82, 2.24) is 0 Å². The summed E-state index contributed by atoms with van der Waals surface area (Å²) in [7, 11) is 0. The number of fused-ring (bicyclic) bond motifs is 4. The van der Waals surface area contributed by atoms with E-state index in [1.807, 2.05) is 36.4 Å². The van der Waals surface area contributed by atoms with E-state index < -0.39 is 4.92 Å². The van der Waals surface area contributed by atoms with Crippen molar-refractivity contribution in [2.75, 3.05) is 0 Å². The van der Waals surface area contributed by atoms with Crippen molar-refractivity contribution in [3.8, 4) is 0 Å². The first-order valence-corrected chi connectivity index (χ1v) is 9.84. The highest BCUT2D eigenvalue weighted by molar-refractivity contribution is 6.25. The fourth-order valence-corrected chi connectivity index (χ4v) is 4.50. The number of rotatable bonds is 3. The lowest BCUT2D eigenvalue weighted by atomic mass is 9.83. The van der Waals surface area contributed by atoms with Gasteiger partial charge in [0.1, 0.15) is 0 Å². The fraction of sp³-hybridized carbons (Fsp3) is 0.120. The van der Waals surface area contributed by atoms with E-state index in [1.54, 1.807) is 6.08 Å². The molecule has 3 aromatic carbocycles. The second-order valence-corrected chi connectivity index (χ2v) is 7.58. The minimum Gasteiger partial charge on any atom is -0.289 e.